The van der Waals surface area contributed by atoms with Gasteiger partial charge < -0.3 is 19.5 Å². The summed E-state index contributed by atoms with van der Waals surface area (Å²) in [6, 6.07) is 24.5. The van der Waals surface area contributed by atoms with Crippen molar-refractivity contribution in [1.82, 2.24) is 5.32 Å². The zero-order chi connectivity index (χ0) is 27.3. The van der Waals surface area contributed by atoms with Gasteiger partial charge in [-0.3, -0.25) is 9.59 Å². The van der Waals surface area contributed by atoms with Crippen molar-refractivity contribution < 1.29 is 23.8 Å². The summed E-state index contributed by atoms with van der Waals surface area (Å²) in [5.74, 6) is 2.84. The van der Waals surface area contributed by atoms with Gasteiger partial charge in [0, 0.05) is 5.56 Å². The molecule has 0 aliphatic heterocycles. The molecule has 0 aromatic heterocycles. The molecular weight excluding hydrogens is 478 g/mol. The van der Waals surface area contributed by atoms with Crippen LogP contribution in [0.5, 0.6) is 11.5 Å². The van der Waals surface area contributed by atoms with Crippen molar-refractivity contribution in [2.45, 2.75) is 27.4 Å². The first-order chi connectivity index (χ1) is 18.5. The van der Waals surface area contributed by atoms with Crippen LogP contribution in [0.3, 0.4) is 0 Å². The monoisotopic (exact) mass is 509 g/mol. The maximum Gasteiger partial charge on any atom is 0.325 e. The van der Waals surface area contributed by atoms with Crippen molar-refractivity contribution in [3.63, 3.8) is 0 Å². The van der Waals surface area contributed by atoms with Gasteiger partial charge in [0.2, 0.25) is 0 Å². The minimum Gasteiger partial charge on any atom is -0.487 e. The Hall–Kier alpha value is -4.76. The van der Waals surface area contributed by atoms with Crippen LogP contribution in [0, 0.1) is 12.3 Å². The second-order valence-corrected chi connectivity index (χ2v) is 8.20. The first-order valence-electron chi connectivity index (χ1n) is 12.3. The predicted molar refractivity (Wildman–Crippen MR) is 149 cm³/mol. The highest BCUT2D eigenvalue weighted by Crippen LogP contribution is 2.34. The molecule has 0 atom stereocenters. The molecule has 194 valence electrons. The highest BCUT2D eigenvalue weighted by atomic mass is 16.5. The van der Waals surface area contributed by atoms with Crippen molar-refractivity contribution in [2.75, 3.05) is 13.2 Å². The maximum absolute atomic E-state index is 13.1. The molecule has 0 bridgehead atoms. The zero-order valence-electron chi connectivity index (χ0n) is 21.8. The van der Waals surface area contributed by atoms with Gasteiger partial charge in [-0.15, -0.1) is 6.42 Å². The molecule has 6 heteroatoms. The van der Waals surface area contributed by atoms with Crippen LogP contribution in [-0.2, 0) is 25.7 Å². The van der Waals surface area contributed by atoms with Gasteiger partial charge in [0.05, 0.1) is 6.61 Å². The van der Waals surface area contributed by atoms with Crippen molar-refractivity contribution in [2.24, 2.45) is 0 Å². The van der Waals surface area contributed by atoms with Crippen LogP contribution in [0.1, 0.15) is 37.5 Å². The molecule has 1 amide bonds. The van der Waals surface area contributed by atoms with Crippen molar-refractivity contribution in [1.29, 1.82) is 0 Å². The number of para-hydroxylation sites is 1. The normalized spacial score (nSPS) is 11.6. The number of carbonyl (C=O) groups excluding carboxylic acids is 2. The topological polar surface area (TPSA) is 73.9 Å². The van der Waals surface area contributed by atoms with Gasteiger partial charge in [-0.05, 0) is 67.8 Å². The molecule has 0 saturated heterocycles. The number of ether oxygens (including phenoxy) is 3. The number of hydrogen-bond acceptors (Lipinski definition) is 5. The fourth-order valence-corrected chi connectivity index (χ4v) is 3.59. The van der Waals surface area contributed by atoms with E-state index < -0.39 is 11.9 Å². The Bertz CT molecular complexity index is 1350. The van der Waals surface area contributed by atoms with Crippen LogP contribution in [0.25, 0.3) is 11.3 Å². The molecule has 6 nitrogen and oxygen atoms in total. The molecule has 0 aliphatic rings. The zero-order valence-corrected chi connectivity index (χ0v) is 21.8. The Morgan fingerprint density at radius 1 is 0.921 bits per heavy atom. The number of amides is 1. The van der Waals surface area contributed by atoms with Gasteiger partial charge >= 0.3 is 5.97 Å². The standard InChI is InChI=1S/C32H31NO5/c1-5-23(4)29-20-26(38-25-16-12-9-13-17-25)18-19-28(29)31(37-22-24-14-10-8-11-15-24)27(6-2)32(35)33-21-30(34)36-7-3/h2,5,8-20H,7,21-22H2,1,3-4H3,(H,33,35)/b23-5-,31-27-. The van der Waals surface area contributed by atoms with Crippen LogP contribution in [0.15, 0.2) is 90.5 Å². The number of nitrogens with one attached hydrogen (secondary N) is 1. The summed E-state index contributed by atoms with van der Waals surface area (Å²) in [5.41, 5.74) is 3.21. The second-order valence-electron chi connectivity index (χ2n) is 8.20. The number of rotatable bonds is 11. The van der Waals surface area contributed by atoms with E-state index in [0.717, 1.165) is 16.7 Å². The van der Waals surface area contributed by atoms with Gasteiger partial charge in [0.1, 0.15) is 36.0 Å². The van der Waals surface area contributed by atoms with Crippen LogP contribution in [0.4, 0.5) is 0 Å². The Morgan fingerprint density at radius 2 is 1.61 bits per heavy atom. The van der Waals surface area contributed by atoms with E-state index in [0.29, 0.717) is 17.1 Å². The van der Waals surface area contributed by atoms with Crippen molar-refractivity contribution in [3.8, 4) is 23.8 Å². The molecule has 3 aromatic rings. The van der Waals surface area contributed by atoms with Gasteiger partial charge in [-0.1, -0.05) is 60.5 Å². The summed E-state index contributed by atoms with van der Waals surface area (Å²) in [5, 5.41) is 2.54. The number of hydrogen-bond donors (Lipinski definition) is 1. The van der Waals surface area contributed by atoms with E-state index in [9.17, 15) is 9.59 Å². The average molecular weight is 510 g/mol. The summed E-state index contributed by atoms with van der Waals surface area (Å²) in [4.78, 5) is 25.0. The van der Waals surface area contributed by atoms with Gasteiger partial charge in [-0.25, -0.2) is 0 Å². The summed E-state index contributed by atoms with van der Waals surface area (Å²) in [6.45, 7) is 5.65. The van der Waals surface area contributed by atoms with E-state index >= 15 is 0 Å². The lowest BCUT2D eigenvalue weighted by atomic mass is 9.96. The number of carbonyl (C=O) groups is 2. The molecule has 0 saturated carbocycles. The molecule has 0 fully saturated rings. The Balaban J connectivity index is 2.07. The third-order valence-electron chi connectivity index (χ3n) is 5.60. The van der Waals surface area contributed by atoms with Crippen molar-refractivity contribution >= 4 is 23.2 Å². The van der Waals surface area contributed by atoms with Gasteiger partial charge in [0.25, 0.3) is 5.91 Å². The minimum atomic E-state index is -0.614. The van der Waals surface area contributed by atoms with Crippen LogP contribution < -0.4 is 10.1 Å². The fourth-order valence-electron chi connectivity index (χ4n) is 3.59. The lowest BCUT2D eigenvalue weighted by molar-refractivity contribution is -0.143. The fraction of sp³-hybridized carbons (Fsp3) is 0.188. The lowest BCUT2D eigenvalue weighted by Crippen LogP contribution is -2.32. The Morgan fingerprint density at radius 3 is 2.24 bits per heavy atom. The molecule has 0 radical (unpaired) electrons. The summed E-state index contributed by atoms with van der Waals surface area (Å²) < 4.78 is 17.2. The molecule has 0 aliphatic carbocycles. The largest absolute Gasteiger partial charge is 0.487 e. The number of allylic oxidation sites excluding steroid dienone is 2. The molecular formula is C32H31NO5. The number of benzene rings is 3. The molecule has 0 heterocycles. The van der Waals surface area contributed by atoms with E-state index in [-0.39, 0.29) is 31.1 Å². The van der Waals surface area contributed by atoms with E-state index in [2.05, 4.69) is 11.2 Å². The van der Waals surface area contributed by atoms with E-state index in [1.54, 1.807) is 13.0 Å². The van der Waals surface area contributed by atoms with Crippen LogP contribution in [0.2, 0.25) is 0 Å². The van der Waals surface area contributed by atoms with Crippen molar-refractivity contribution in [3.05, 3.63) is 107 Å². The van der Waals surface area contributed by atoms with Gasteiger partial charge in [-0.2, -0.15) is 0 Å². The highest BCUT2D eigenvalue weighted by Gasteiger charge is 2.22. The lowest BCUT2D eigenvalue weighted by Gasteiger charge is -2.19. The second kappa shape index (κ2) is 14.1. The summed E-state index contributed by atoms with van der Waals surface area (Å²) >= 11 is 0. The molecule has 1 N–H and O–H groups in total. The molecule has 3 aromatic carbocycles. The number of terminal acetylenes is 1. The van der Waals surface area contributed by atoms with E-state index in [4.69, 9.17) is 20.6 Å². The molecule has 3 rings (SSSR count). The quantitative estimate of drug-likeness (QED) is 0.145. The third kappa shape index (κ3) is 7.62. The van der Waals surface area contributed by atoms with Crippen LogP contribution >= 0.6 is 0 Å². The Kier molecular flexibility index (Phi) is 10.3. The Labute approximate surface area is 223 Å². The average Bonchev–Trinajstić information content (AvgIpc) is 2.95. The van der Waals surface area contributed by atoms with Gasteiger partial charge in [0.15, 0.2) is 0 Å². The third-order valence-corrected chi connectivity index (χ3v) is 5.60. The first kappa shape index (κ1) is 27.8. The minimum absolute atomic E-state index is 0.0351. The molecule has 38 heavy (non-hydrogen) atoms. The first-order valence-corrected chi connectivity index (χ1v) is 12.3. The molecule has 0 spiro atoms. The molecule has 0 unspecified atom stereocenters. The number of esters is 1. The van der Waals surface area contributed by atoms with Crippen LogP contribution in [-0.4, -0.2) is 25.0 Å². The smallest absolute Gasteiger partial charge is 0.325 e. The summed E-state index contributed by atoms with van der Waals surface area (Å²) in [6.07, 6.45) is 7.79. The maximum atomic E-state index is 13.1. The SMILES string of the molecule is C#C/C(C(=O)NCC(=O)OCC)=C(/OCc1ccccc1)c1ccc(Oc2ccccc2)cc1/C(C)=C\C. The van der Waals surface area contributed by atoms with E-state index in [1.807, 2.05) is 92.7 Å². The summed E-state index contributed by atoms with van der Waals surface area (Å²) in [7, 11) is 0. The van der Waals surface area contributed by atoms with E-state index in [1.165, 1.54) is 0 Å². The highest BCUT2D eigenvalue weighted by molar-refractivity contribution is 6.05. The predicted octanol–water partition coefficient (Wildman–Crippen LogP) is 6.14.